The van der Waals surface area contributed by atoms with Crippen LogP contribution in [0.25, 0.3) is 0 Å². The third kappa shape index (κ3) is 939. The molecule has 28 heavy (non-hydrogen) atoms. The quantitative estimate of drug-likeness (QED) is 0.131. The Morgan fingerprint density at radius 1 is 0.607 bits per heavy atom. The van der Waals surface area contributed by atoms with Crippen molar-refractivity contribution in [3.8, 4) is 0 Å². The van der Waals surface area contributed by atoms with Crippen molar-refractivity contribution in [3.05, 3.63) is 0 Å². The first-order chi connectivity index (χ1) is 4.33. The van der Waals surface area contributed by atoms with Gasteiger partial charge in [0.2, 0.25) is 0 Å². The molecule has 0 fully saturated rings. The van der Waals surface area contributed by atoms with Crippen molar-refractivity contribution in [1.29, 1.82) is 1.34 Å². The molecule has 0 bridgehead atoms. The van der Waals surface area contributed by atoms with Gasteiger partial charge in [-0.3, -0.25) is 0 Å². The molecule has 0 heterocycles. The van der Waals surface area contributed by atoms with Crippen molar-refractivity contribution in [3.63, 3.8) is 0 Å². The zero-order valence-electron chi connectivity index (χ0n) is 5.89. The van der Waals surface area contributed by atoms with Crippen molar-refractivity contribution in [1.82, 2.24) is 0 Å². The van der Waals surface area contributed by atoms with Crippen molar-refractivity contribution in [2.75, 3.05) is 0 Å². The van der Waals surface area contributed by atoms with E-state index < -0.39 is 0 Å². The number of hydrogen-bond acceptors (Lipinski definition) is 1. The van der Waals surface area contributed by atoms with Gasteiger partial charge in [-0.1, -0.05) is 141 Å². The predicted molar refractivity (Wildman–Crippen MR) is 201 cm³/mol. The summed E-state index contributed by atoms with van der Waals surface area (Å²) in [5, 5.41) is 0. The van der Waals surface area contributed by atoms with Crippen LogP contribution in [-0.4, -0.2) is 17.6 Å². The van der Waals surface area contributed by atoms with Crippen LogP contribution >= 0.6 is 76.5 Å². The monoisotopic (exact) mass is 806 g/mol. The molecule has 9 heteroatoms. The summed E-state index contributed by atoms with van der Waals surface area (Å²) in [5.74, 6) is 0. The second kappa shape index (κ2) is 732. The fourth-order valence-corrected chi connectivity index (χ4v) is 0. The van der Waals surface area contributed by atoms with Crippen LogP contribution in [0.4, 0.5) is 0 Å². The molecule has 1 unspecified atom stereocenters. The molecule has 0 saturated heterocycles. The SMILES string of the molecule is C.C.C.C.C.C.C.C.C.C.C.C.C.C.C.C.C.C.C.PN=BI.[2H][B]I.[B-]I.[K+]. The van der Waals surface area contributed by atoms with Crippen LogP contribution in [0.1, 0.15) is 141 Å². The Morgan fingerprint density at radius 2 is 0.643 bits per heavy atom. The maximum atomic E-state index is 6.07. The minimum Gasteiger partial charge on any atom is -0.520 e. The zero-order valence-corrected chi connectivity index (χ0v) is 15.6. The number of halogens is 3. The summed E-state index contributed by atoms with van der Waals surface area (Å²) >= 11 is 5.52. The molecule has 0 aromatic rings. The largest absolute Gasteiger partial charge is 1.00 e. The Hall–Kier alpha value is 4.25. The van der Waals surface area contributed by atoms with Crippen LogP contribution < -0.4 is 51.4 Å². The van der Waals surface area contributed by atoms with E-state index in [4.69, 9.17) is 1.34 Å². The summed E-state index contributed by atoms with van der Waals surface area (Å²) in [4.78, 5) is 1.68. The molecule has 0 rings (SSSR count). The van der Waals surface area contributed by atoms with Gasteiger partial charge in [-0.2, -0.15) is 22.4 Å². The summed E-state index contributed by atoms with van der Waals surface area (Å²) in [6, 6.07) is 0. The first-order valence-electron chi connectivity index (χ1n) is 1.75. The van der Waals surface area contributed by atoms with Crippen LogP contribution in [-0.2, 0) is 0 Å². The molecule has 0 aliphatic heterocycles. The fraction of sp³-hybridized carbons (Fsp3) is 1.00. The molecule has 0 aliphatic rings. The third-order valence-corrected chi connectivity index (χ3v) is 1.13. The van der Waals surface area contributed by atoms with E-state index in [1.165, 1.54) is 5.67 Å². The molecule has 1 nitrogen and oxygen atoms in total. The van der Waals surface area contributed by atoms with E-state index in [9.17, 15) is 0 Å². The molecule has 0 saturated carbocycles. The zero-order chi connectivity index (χ0) is 8.12. The molecule has 0 aliphatic carbocycles. The van der Waals surface area contributed by atoms with E-state index in [0.29, 0.717) is 0 Å². The minimum absolute atomic E-state index is 0. The van der Waals surface area contributed by atoms with Gasteiger partial charge in [0.1, 0.15) is 0 Å². The summed E-state index contributed by atoms with van der Waals surface area (Å²) in [6.45, 7) is 0. The van der Waals surface area contributed by atoms with Gasteiger partial charge in [-0.05, 0) is 1.34 Å². The van der Waals surface area contributed by atoms with Gasteiger partial charge in [-0.25, -0.2) is 0 Å². The molecule has 0 N–H and O–H groups in total. The average molecular weight is 806 g/mol. The molecule has 0 aromatic heterocycles. The molecule has 1 atom stereocenters. The molecule has 196 valence electrons. The molecule has 4 radical (unpaired) electrons. The van der Waals surface area contributed by atoms with Gasteiger partial charge in [0.15, 0.2) is 5.67 Å². The van der Waals surface area contributed by atoms with Gasteiger partial charge in [-0.15, -0.1) is 0 Å². The number of nitrogens with zero attached hydrogens (tertiary/aromatic N) is 1. The van der Waals surface area contributed by atoms with Gasteiger partial charge in [0, 0.05) is 0 Å². The molecule has 0 aromatic carbocycles. The normalized spacial score (nSPS) is 1.82. The van der Waals surface area contributed by atoms with Crippen molar-refractivity contribution in [2.45, 2.75) is 141 Å². The van der Waals surface area contributed by atoms with E-state index in [1.807, 2.05) is 44.7 Å². The second-order valence-corrected chi connectivity index (χ2v) is 1.10. The second-order valence-electron chi connectivity index (χ2n) is 0.247. The molecular formula is C19H79B3I3KNP. The van der Waals surface area contributed by atoms with Crippen LogP contribution in [0.2, 0.25) is 0 Å². The number of rotatable bonds is 0. The van der Waals surface area contributed by atoms with E-state index in [1.54, 1.807) is 27.3 Å². The first kappa shape index (κ1) is 300. The van der Waals surface area contributed by atoms with E-state index in [0.717, 1.165) is 0 Å². The van der Waals surface area contributed by atoms with Crippen molar-refractivity contribution >= 4 is 92.8 Å². The van der Waals surface area contributed by atoms with Crippen molar-refractivity contribution in [2.24, 2.45) is 4.67 Å². The van der Waals surface area contributed by atoms with Crippen LogP contribution in [0.3, 0.4) is 0 Å². The topological polar surface area (TPSA) is 12.4 Å². The van der Waals surface area contributed by atoms with E-state index in [2.05, 4.69) is 19.8 Å². The van der Waals surface area contributed by atoms with Crippen LogP contribution in [0, 0.1) is 0 Å². The minimum atomic E-state index is 0. The van der Waals surface area contributed by atoms with E-state index >= 15 is 0 Å². The Morgan fingerprint density at radius 3 is 0.643 bits per heavy atom. The summed E-state index contributed by atoms with van der Waals surface area (Å²) in [6.07, 6.45) is 0. The number of hydrogen-bond donors (Lipinski definition) is 0. The fourth-order valence-electron chi connectivity index (χ4n) is 0. The first-order valence-corrected chi connectivity index (χ1v) is 5.42. The smallest absolute Gasteiger partial charge is 0.520 e. The Labute approximate surface area is 286 Å². The summed E-state index contributed by atoms with van der Waals surface area (Å²) in [5.41, 5.74) is 5.69. The Kier molecular flexibility index (Phi) is 7830. The van der Waals surface area contributed by atoms with E-state index in [-0.39, 0.29) is 192 Å². The van der Waals surface area contributed by atoms with Crippen LogP contribution in [0.15, 0.2) is 4.67 Å². The third-order valence-electron chi connectivity index (χ3n) is 0.0563. The molecular weight excluding hydrogens is 725 g/mol. The van der Waals surface area contributed by atoms with Gasteiger partial charge in [0.25, 0.3) is 0 Å². The van der Waals surface area contributed by atoms with Gasteiger partial charge < -0.3 is 28.1 Å². The maximum Gasteiger partial charge on any atom is 1.00 e. The van der Waals surface area contributed by atoms with Crippen LogP contribution in [0.5, 0.6) is 0 Å². The summed E-state index contributed by atoms with van der Waals surface area (Å²) < 4.78 is 9.58. The molecule has 0 amide bonds. The standard InChI is InChI=1S/19CH4.BH2INP.BHI.BI.K/c;;;;;;;;;;;;;;;;;;;2-1-3-4;2*1-2;/h19*1H4;4H2;1H;;/q;;;;;;;;;;;;;;;;;;;;;-1;+1/i;;;;;;;;;;;;;;;;;;;;1D;;. The predicted octanol–water partition coefficient (Wildman–Crippen LogP) is 10.8. The van der Waals surface area contributed by atoms with Gasteiger partial charge >= 0.3 is 92.7 Å². The molecule has 0 spiro atoms. The Bertz CT molecular complexity index is 73.7. The van der Waals surface area contributed by atoms with Gasteiger partial charge in [0.05, 0.1) is 0 Å². The maximum absolute atomic E-state index is 6.07. The Balaban J connectivity index is -0.000000000668. The van der Waals surface area contributed by atoms with Crippen molar-refractivity contribution < 1.29 is 51.4 Å². The average Bonchev–Trinajstić information content (AvgIpc) is 1.94. The summed E-state index contributed by atoms with van der Waals surface area (Å²) in [7, 11) is 2.22.